The standard InChI is InChI=1S/C11H19BrN4/c1-4-9-11(12)10(16(3)14-9)7-15(2)8-5-13-6-8/h8,13H,4-7H2,1-3H3. The van der Waals surface area contributed by atoms with Crippen LogP contribution in [0.15, 0.2) is 4.47 Å². The van der Waals surface area contributed by atoms with Gasteiger partial charge in [-0.25, -0.2) is 0 Å². The van der Waals surface area contributed by atoms with Crippen LogP contribution in [-0.2, 0) is 20.0 Å². The van der Waals surface area contributed by atoms with E-state index < -0.39 is 0 Å². The van der Waals surface area contributed by atoms with Gasteiger partial charge in [-0.1, -0.05) is 6.92 Å². The van der Waals surface area contributed by atoms with Crippen LogP contribution in [0.2, 0.25) is 0 Å². The third-order valence-electron chi connectivity index (χ3n) is 3.29. The monoisotopic (exact) mass is 286 g/mol. The molecule has 0 unspecified atom stereocenters. The van der Waals surface area contributed by atoms with E-state index >= 15 is 0 Å². The number of hydrogen-bond donors (Lipinski definition) is 1. The third-order valence-corrected chi connectivity index (χ3v) is 4.20. The van der Waals surface area contributed by atoms with Crippen molar-refractivity contribution in [3.05, 3.63) is 15.9 Å². The van der Waals surface area contributed by atoms with Crippen LogP contribution < -0.4 is 5.32 Å². The highest BCUT2D eigenvalue weighted by Crippen LogP contribution is 2.23. The van der Waals surface area contributed by atoms with E-state index in [2.05, 4.69) is 45.2 Å². The fourth-order valence-electron chi connectivity index (χ4n) is 1.94. The Labute approximate surface area is 105 Å². The summed E-state index contributed by atoms with van der Waals surface area (Å²) in [6, 6.07) is 0.673. The van der Waals surface area contributed by atoms with Crippen LogP contribution in [-0.4, -0.2) is 40.9 Å². The third kappa shape index (κ3) is 2.17. The van der Waals surface area contributed by atoms with E-state index in [1.54, 1.807) is 0 Å². The Balaban J connectivity index is 2.10. The Morgan fingerprint density at radius 2 is 2.25 bits per heavy atom. The zero-order valence-corrected chi connectivity index (χ0v) is 11.7. The molecule has 0 spiro atoms. The molecule has 90 valence electrons. The predicted octanol–water partition coefficient (Wildman–Crippen LogP) is 1.15. The molecule has 0 amide bonds. The average Bonchev–Trinajstić information content (AvgIpc) is 2.42. The summed E-state index contributed by atoms with van der Waals surface area (Å²) in [5.74, 6) is 0. The smallest absolute Gasteiger partial charge is 0.0767 e. The molecule has 1 fully saturated rings. The average molecular weight is 287 g/mol. The molecule has 0 aliphatic carbocycles. The fourth-order valence-corrected chi connectivity index (χ4v) is 2.68. The highest BCUT2D eigenvalue weighted by atomic mass is 79.9. The van der Waals surface area contributed by atoms with Gasteiger partial charge in [0, 0.05) is 32.7 Å². The molecule has 4 nitrogen and oxygen atoms in total. The Morgan fingerprint density at radius 3 is 2.69 bits per heavy atom. The fraction of sp³-hybridized carbons (Fsp3) is 0.727. The number of halogens is 1. The lowest BCUT2D eigenvalue weighted by molar-refractivity contribution is 0.169. The van der Waals surface area contributed by atoms with Gasteiger partial charge in [-0.2, -0.15) is 5.10 Å². The lowest BCUT2D eigenvalue weighted by Crippen LogP contribution is -2.55. The van der Waals surface area contributed by atoms with Gasteiger partial charge in [0.05, 0.1) is 15.9 Å². The van der Waals surface area contributed by atoms with Crippen LogP contribution in [0.4, 0.5) is 0 Å². The van der Waals surface area contributed by atoms with E-state index in [4.69, 9.17) is 0 Å². The van der Waals surface area contributed by atoms with E-state index in [0.29, 0.717) is 6.04 Å². The van der Waals surface area contributed by atoms with Gasteiger partial charge in [0.2, 0.25) is 0 Å². The maximum atomic E-state index is 4.51. The van der Waals surface area contributed by atoms with Crippen molar-refractivity contribution in [1.29, 1.82) is 0 Å². The topological polar surface area (TPSA) is 33.1 Å². The van der Waals surface area contributed by atoms with Crippen molar-refractivity contribution < 1.29 is 0 Å². The molecule has 1 saturated heterocycles. The summed E-state index contributed by atoms with van der Waals surface area (Å²) in [6.45, 7) is 5.30. The van der Waals surface area contributed by atoms with Crippen molar-refractivity contribution >= 4 is 15.9 Å². The van der Waals surface area contributed by atoms with Crippen LogP contribution >= 0.6 is 15.9 Å². The van der Waals surface area contributed by atoms with Crippen molar-refractivity contribution in [1.82, 2.24) is 20.0 Å². The molecular weight excluding hydrogens is 268 g/mol. The minimum Gasteiger partial charge on any atom is -0.314 e. The van der Waals surface area contributed by atoms with E-state index in [1.807, 2.05) is 11.7 Å². The molecule has 0 saturated carbocycles. The first-order valence-corrected chi connectivity index (χ1v) is 6.54. The van der Waals surface area contributed by atoms with E-state index in [0.717, 1.165) is 31.7 Å². The zero-order chi connectivity index (χ0) is 11.7. The molecule has 0 radical (unpaired) electrons. The molecule has 0 aromatic carbocycles. The molecule has 5 heteroatoms. The molecule has 1 aliphatic heterocycles. The van der Waals surface area contributed by atoms with Gasteiger partial charge in [0.1, 0.15) is 0 Å². The molecule has 1 aliphatic rings. The molecule has 2 rings (SSSR count). The number of nitrogens with one attached hydrogen (secondary N) is 1. The Hall–Kier alpha value is -0.390. The molecule has 1 aromatic heterocycles. The number of likely N-dealkylation sites (N-methyl/N-ethyl adjacent to an activating group) is 1. The Morgan fingerprint density at radius 1 is 1.56 bits per heavy atom. The molecule has 1 N–H and O–H groups in total. The van der Waals surface area contributed by atoms with Gasteiger partial charge in [0.25, 0.3) is 0 Å². The van der Waals surface area contributed by atoms with Crippen LogP contribution in [0.5, 0.6) is 0 Å². The van der Waals surface area contributed by atoms with Crippen molar-refractivity contribution in [2.24, 2.45) is 7.05 Å². The molecular formula is C11H19BrN4. The second-order valence-corrected chi connectivity index (χ2v) is 5.20. The van der Waals surface area contributed by atoms with E-state index in [1.165, 1.54) is 10.2 Å². The normalized spacial score (nSPS) is 16.8. The SMILES string of the molecule is CCc1nn(C)c(CN(C)C2CNC2)c1Br. The van der Waals surface area contributed by atoms with Crippen LogP contribution in [0, 0.1) is 0 Å². The summed E-state index contributed by atoms with van der Waals surface area (Å²) < 4.78 is 3.17. The summed E-state index contributed by atoms with van der Waals surface area (Å²) >= 11 is 3.65. The first kappa shape index (κ1) is 12.1. The highest BCUT2D eigenvalue weighted by Gasteiger charge is 2.23. The van der Waals surface area contributed by atoms with Gasteiger partial charge < -0.3 is 5.32 Å². The number of rotatable bonds is 4. The summed E-state index contributed by atoms with van der Waals surface area (Å²) in [7, 11) is 4.20. The van der Waals surface area contributed by atoms with Crippen molar-refractivity contribution in [2.75, 3.05) is 20.1 Å². The van der Waals surface area contributed by atoms with Crippen LogP contribution in [0.1, 0.15) is 18.3 Å². The van der Waals surface area contributed by atoms with Crippen LogP contribution in [0.3, 0.4) is 0 Å². The van der Waals surface area contributed by atoms with Gasteiger partial charge in [-0.15, -0.1) is 0 Å². The van der Waals surface area contributed by atoms with Crippen molar-refractivity contribution in [3.63, 3.8) is 0 Å². The lowest BCUT2D eigenvalue weighted by Gasteiger charge is -2.35. The predicted molar refractivity (Wildman–Crippen MR) is 68.4 cm³/mol. The maximum Gasteiger partial charge on any atom is 0.0767 e. The van der Waals surface area contributed by atoms with Gasteiger partial charge in [0.15, 0.2) is 0 Å². The number of hydrogen-bond acceptors (Lipinski definition) is 3. The summed E-state index contributed by atoms with van der Waals surface area (Å²) in [4.78, 5) is 2.39. The first-order chi connectivity index (χ1) is 7.63. The minimum absolute atomic E-state index is 0.673. The van der Waals surface area contributed by atoms with E-state index in [-0.39, 0.29) is 0 Å². The first-order valence-electron chi connectivity index (χ1n) is 5.74. The van der Waals surface area contributed by atoms with Crippen molar-refractivity contribution in [2.45, 2.75) is 25.9 Å². The van der Waals surface area contributed by atoms with Gasteiger partial charge >= 0.3 is 0 Å². The quantitative estimate of drug-likeness (QED) is 0.902. The number of nitrogens with zero attached hydrogens (tertiary/aromatic N) is 3. The second kappa shape index (κ2) is 4.85. The molecule has 2 heterocycles. The summed E-state index contributed by atoms with van der Waals surface area (Å²) in [5.41, 5.74) is 2.42. The minimum atomic E-state index is 0.673. The molecule has 1 aromatic rings. The molecule has 0 bridgehead atoms. The molecule has 0 atom stereocenters. The Kier molecular flexibility index (Phi) is 3.66. The summed E-state index contributed by atoms with van der Waals surface area (Å²) in [6.07, 6.45) is 0.975. The van der Waals surface area contributed by atoms with Crippen molar-refractivity contribution in [3.8, 4) is 0 Å². The van der Waals surface area contributed by atoms with Crippen LogP contribution in [0.25, 0.3) is 0 Å². The summed E-state index contributed by atoms with van der Waals surface area (Å²) in [5, 5.41) is 7.81. The lowest BCUT2D eigenvalue weighted by atomic mass is 10.1. The highest BCUT2D eigenvalue weighted by molar-refractivity contribution is 9.10. The zero-order valence-electron chi connectivity index (χ0n) is 10.1. The van der Waals surface area contributed by atoms with E-state index in [9.17, 15) is 0 Å². The second-order valence-electron chi connectivity index (χ2n) is 4.41. The molecule has 16 heavy (non-hydrogen) atoms. The largest absolute Gasteiger partial charge is 0.314 e. The van der Waals surface area contributed by atoms with Gasteiger partial charge in [-0.05, 0) is 29.4 Å². The number of aryl methyl sites for hydroxylation is 2. The Bertz CT molecular complexity index is 370. The maximum absolute atomic E-state index is 4.51. The number of aromatic nitrogens is 2. The van der Waals surface area contributed by atoms with Gasteiger partial charge in [-0.3, -0.25) is 9.58 Å².